The summed E-state index contributed by atoms with van der Waals surface area (Å²) in [5.41, 5.74) is 7.31. The Kier molecular flexibility index (Phi) is 5.32. The highest BCUT2D eigenvalue weighted by Crippen LogP contribution is 2.19. The molecule has 1 heterocycles. The Morgan fingerprint density at radius 3 is 2.16 bits per heavy atom. The Morgan fingerprint density at radius 1 is 0.880 bits per heavy atom. The van der Waals surface area contributed by atoms with Crippen molar-refractivity contribution in [1.29, 1.82) is 0 Å². The molecule has 0 saturated carbocycles. The van der Waals surface area contributed by atoms with Crippen molar-refractivity contribution in [3.63, 3.8) is 0 Å². The van der Waals surface area contributed by atoms with Gasteiger partial charge < -0.3 is 0 Å². The van der Waals surface area contributed by atoms with E-state index < -0.39 is 0 Å². The molecule has 0 aliphatic heterocycles. The van der Waals surface area contributed by atoms with E-state index in [0.717, 1.165) is 23.3 Å². The second-order valence-corrected chi connectivity index (χ2v) is 5.53. The van der Waals surface area contributed by atoms with Crippen molar-refractivity contribution in [3.05, 3.63) is 90.3 Å². The van der Waals surface area contributed by atoms with Gasteiger partial charge in [0.1, 0.15) is 0 Å². The van der Waals surface area contributed by atoms with Gasteiger partial charge in [-0.1, -0.05) is 61.5 Å². The van der Waals surface area contributed by atoms with E-state index in [-0.39, 0.29) is 5.91 Å². The monoisotopic (exact) mass is 329 g/mol. The number of carbonyl (C=O) groups excluding carboxylic acids is 1. The van der Waals surface area contributed by atoms with Gasteiger partial charge in [0.05, 0.1) is 5.71 Å². The summed E-state index contributed by atoms with van der Waals surface area (Å²) in [6, 6.07) is 21.7. The van der Waals surface area contributed by atoms with Crippen molar-refractivity contribution in [2.45, 2.75) is 13.3 Å². The third-order valence-electron chi connectivity index (χ3n) is 3.90. The maximum absolute atomic E-state index is 12.1. The molecule has 0 unspecified atom stereocenters. The smallest absolute Gasteiger partial charge is 0.267 e. The molecule has 1 N–H and O–H groups in total. The van der Waals surface area contributed by atoms with Crippen molar-refractivity contribution in [3.8, 4) is 11.1 Å². The number of benzene rings is 2. The highest BCUT2D eigenvalue weighted by Gasteiger charge is 2.06. The van der Waals surface area contributed by atoms with Gasteiger partial charge in [-0.05, 0) is 35.2 Å². The Balaban J connectivity index is 1.75. The van der Waals surface area contributed by atoms with Gasteiger partial charge >= 0.3 is 0 Å². The number of hydrogen-bond donors (Lipinski definition) is 1. The maximum atomic E-state index is 12.1. The topological polar surface area (TPSA) is 54.4 Å². The second-order valence-electron chi connectivity index (χ2n) is 5.53. The molecule has 0 atom stereocenters. The van der Waals surface area contributed by atoms with Gasteiger partial charge in [0, 0.05) is 18.0 Å². The van der Waals surface area contributed by atoms with Gasteiger partial charge in [0.2, 0.25) is 0 Å². The highest BCUT2D eigenvalue weighted by atomic mass is 16.2. The number of hydrazone groups is 1. The minimum absolute atomic E-state index is 0.241. The fraction of sp³-hybridized carbons (Fsp3) is 0.0952. The first kappa shape index (κ1) is 16.6. The maximum Gasteiger partial charge on any atom is 0.271 e. The van der Waals surface area contributed by atoms with Crippen LogP contribution in [-0.4, -0.2) is 16.6 Å². The first-order valence-electron chi connectivity index (χ1n) is 8.20. The number of amides is 1. The summed E-state index contributed by atoms with van der Waals surface area (Å²) in [5, 5.41) is 4.29. The molecule has 3 aromatic rings. The standard InChI is InChI=1S/C21H19N3O/c1-2-20(23-24-21(25)19-12-14-22-15-13-19)18-10-8-17(9-11-18)16-6-4-3-5-7-16/h3-15H,2H2,1H3,(H,24,25)/b23-20-. The van der Waals surface area contributed by atoms with Gasteiger partial charge in [0.25, 0.3) is 5.91 Å². The molecule has 3 rings (SSSR count). The van der Waals surface area contributed by atoms with Crippen LogP contribution in [0, 0.1) is 0 Å². The first-order valence-corrected chi connectivity index (χ1v) is 8.20. The van der Waals surface area contributed by atoms with Gasteiger partial charge in [0.15, 0.2) is 0 Å². The van der Waals surface area contributed by atoms with Gasteiger partial charge in [-0.2, -0.15) is 5.10 Å². The summed E-state index contributed by atoms with van der Waals surface area (Å²) < 4.78 is 0. The van der Waals surface area contributed by atoms with Crippen molar-refractivity contribution >= 4 is 11.6 Å². The Labute approximate surface area is 147 Å². The van der Waals surface area contributed by atoms with Crippen LogP contribution in [-0.2, 0) is 0 Å². The van der Waals surface area contributed by atoms with Crippen LogP contribution in [0.3, 0.4) is 0 Å². The minimum atomic E-state index is -0.241. The van der Waals surface area contributed by atoms with Gasteiger partial charge in [-0.15, -0.1) is 0 Å². The highest BCUT2D eigenvalue weighted by molar-refractivity contribution is 6.02. The molecule has 1 amide bonds. The van der Waals surface area contributed by atoms with E-state index in [0.29, 0.717) is 5.56 Å². The number of rotatable bonds is 5. The summed E-state index contributed by atoms with van der Waals surface area (Å²) in [5.74, 6) is -0.241. The van der Waals surface area contributed by atoms with E-state index in [1.165, 1.54) is 5.56 Å². The molecule has 4 heteroatoms. The van der Waals surface area contributed by atoms with Crippen LogP contribution < -0.4 is 5.43 Å². The third-order valence-corrected chi connectivity index (χ3v) is 3.90. The van der Waals surface area contributed by atoms with E-state index in [4.69, 9.17) is 0 Å². The van der Waals surface area contributed by atoms with Gasteiger partial charge in [-0.25, -0.2) is 5.43 Å². The molecule has 0 radical (unpaired) electrons. The van der Waals surface area contributed by atoms with Crippen LogP contribution in [0.5, 0.6) is 0 Å². The first-order chi connectivity index (χ1) is 12.3. The fourth-order valence-electron chi connectivity index (χ4n) is 2.52. The van der Waals surface area contributed by atoms with E-state index in [9.17, 15) is 4.79 Å². The molecule has 0 aliphatic carbocycles. The van der Waals surface area contributed by atoms with Crippen LogP contribution >= 0.6 is 0 Å². The number of nitrogens with one attached hydrogen (secondary N) is 1. The lowest BCUT2D eigenvalue weighted by Crippen LogP contribution is -2.20. The molecule has 0 spiro atoms. The SMILES string of the molecule is CC/C(=N/NC(=O)c1ccncc1)c1ccc(-c2ccccc2)cc1. The average Bonchev–Trinajstić information content (AvgIpc) is 2.70. The number of pyridine rings is 1. The molecule has 0 saturated heterocycles. The summed E-state index contributed by atoms with van der Waals surface area (Å²) in [7, 11) is 0. The lowest BCUT2D eigenvalue weighted by Gasteiger charge is -2.07. The Hall–Kier alpha value is -3.27. The molecular formula is C21H19N3O. The summed E-state index contributed by atoms with van der Waals surface area (Å²) in [6.07, 6.45) is 3.89. The zero-order valence-corrected chi connectivity index (χ0v) is 14.0. The number of carbonyl (C=O) groups is 1. The number of hydrogen-bond acceptors (Lipinski definition) is 3. The number of aromatic nitrogens is 1. The van der Waals surface area contributed by atoms with Crippen molar-refractivity contribution in [2.24, 2.45) is 5.10 Å². The van der Waals surface area contributed by atoms with E-state index in [1.807, 2.05) is 37.3 Å². The molecule has 124 valence electrons. The lowest BCUT2D eigenvalue weighted by atomic mass is 10.0. The van der Waals surface area contributed by atoms with Crippen molar-refractivity contribution < 1.29 is 4.79 Å². The van der Waals surface area contributed by atoms with Crippen LogP contribution in [0.25, 0.3) is 11.1 Å². The van der Waals surface area contributed by atoms with Crippen LogP contribution in [0.1, 0.15) is 29.3 Å². The minimum Gasteiger partial charge on any atom is -0.267 e. The molecule has 0 fully saturated rings. The predicted octanol–water partition coefficient (Wildman–Crippen LogP) is 4.29. The van der Waals surface area contributed by atoms with Crippen molar-refractivity contribution in [1.82, 2.24) is 10.4 Å². The van der Waals surface area contributed by atoms with E-state index in [1.54, 1.807) is 24.5 Å². The molecular weight excluding hydrogens is 310 g/mol. The molecule has 0 bridgehead atoms. The Bertz CT molecular complexity index is 857. The fourth-order valence-corrected chi connectivity index (χ4v) is 2.52. The summed E-state index contributed by atoms with van der Waals surface area (Å²) in [6.45, 7) is 2.02. The average molecular weight is 329 g/mol. The lowest BCUT2D eigenvalue weighted by molar-refractivity contribution is 0.0954. The predicted molar refractivity (Wildman–Crippen MR) is 100 cm³/mol. The van der Waals surface area contributed by atoms with Crippen LogP contribution in [0.15, 0.2) is 84.2 Å². The van der Waals surface area contributed by atoms with Crippen LogP contribution in [0.4, 0.5) is 0 Å². The quantitative estimate of drug-likeness (QED) is 0.561. The van der Waals surface area contributed by atoms with Crippen molar-refractivity contribution in [2.75, 3.05) is 0 Å². The normalized spacial score (nSPS) is 11.2. The second kappa shape index (κ2) is 8.02. The molecule has 25 heavy (non-hydrogen) atoms. The largest absolute Gasteiger partial charge is 0.271 e. The Morgan fingerprint density at radius 2 is 1.52 bits per heavy atom. The van der Waals surface area contributed by atoms with Gasteiger partial charge in [-0.3, -0.25) is 9.78 Å². The molecule has 1 aromatic heterocycles. The molecule has 0 aliphatic rings. The van der Waals surface area contributed by atoms with Crippen LogP contribution in [0.2, 0.25) is 0 Å². The summed E-state index contributed by atoms with van der Waals surface area (Å²) >= 11 is 0. The zero-order chi connectivity index (χ0) is 17.5. The summed E-state index contributed by atoms with van der Waals surface area (Å²) in [4.78, 5) is 16.0. The third kappa shape index (κ3) is 4.18. The molecule has 2 aromatic carbocycles. The number of nitrogens with zero attached hydrogens (tertiary/aromatic N) is 2. The van der Waals surface area contributed by atoms with E-state index >= 15 is 0 Å². The molecule has 4 nitrogen and oxygen atoms in total. The van der Waals surface area contributed by atoms with E-state index in [2.05, 4.69) is 39.8 Å². The zero-order valence-electron chi connectivity index (χ0n) is 14.0.